The zero-order valence-corrected chi connectivity index (χ0v) is 39.8. The Labute approximate surface area is 432 Å². The summed E-state index contributed by atoms with van der Waals surface area (Å²) in [6.45, 7) is 15.1. The normalized spacial score (nSPS) is 13.1. The number of hydrogen-bond acceptors (Lipinski definition) is 7. The van der Waals surface area contributed by atoms with Crippen molar-refractivity contribution in [1.29, 1.82) is 10.5 Å². The Hall–Kier alpha value is -10.7. The van der Waals surface area contributed by atoms with Crippen LogP contribution in [0.3, 0.4) is 0 Å². The first-order valence-corrected chi connectivity index (χ1v) is 24.7. The van der Waals surface area contributed by atoms with Gasteiger partial charge in [-0.2, -0.15) is 10.5 Å². The summed E-state index contributed by atoms with van der Waals surface area (Å²) in [7, 11) is 0. The molecule has 10 aromatic carbocycles. The molecule has 5 heterocycles. The van der Waals surface area contributed by atoms with Crippen LogP contribution in [0.4, 0.5) is 79.6 Å². The van der Waals surface area contributed by atoms with Crippen molar-refractivity contribution in [2.45, 2.75) is 0 Å². The van der Waals surface area contributed by atoms with Crippen molar-refractivity contribution in [3.05, 3.63) is 240 Å². The van der Waals surface area contributed by atoms with E-state index in [0.29, 0.717) is 22.5 Å². The summed E-state index contributed by atoms with van der Waals surface area (Å²) in [5, 5.41) is 21.6. The lowest BCUT2D eigenvalue weighted by molar-refractivity contribution is 0.669. The van der Waals surface area contributed by atoms with E-state index in [1.165, 1.54) is 0 Å². The molecule has 11 heteroatoms. The monoisotopic (exact) mass is 952 g/mol. The molecular weight excluding hydrogens is 918 g/mol. The molecule has 11 aromatic rings. The Balaban J connectivity index is 0.986. The third-order valence-corrected chi connectivity index (χ3v) is 15.5. The van der Waals surface area contributed by atoms with Crippen molar-refractivity contribution < 1.29 is 4.42 Å². The van der Waals surface area contributed by atoms with Crippen LogP contribution in [0.2, 0.25) is 0 Å². The maximum Gasteiger partial charge on any atom is 0.252 e. The number of nitrogens with zero attached hydrogens (tertiary/aromatic N) is 8. The third-order valence-electron chi connectivity index (χ3n) is 15.5. The number of hydrogen-bond donors (Lipinski definition) is 0. The van der Waals surface area contributed by atoms with E-state index >= 15 is 0 Å². The molecule has 0 saturated heterocycles. The molecular formula is C64H34B2N8O. The van der Waals surface area contributed by atoms with E-state index < -0.39 is 0 Å². The van der Waals surface area contributed by atoms with Gasteiger partial charge in [-0.1, -0.05) is 72.8 Å². The van der Waals surface area contributed by atoms with Crippen LogP contribution < -0.4 is 52.4 Å². The molecule has 75 heavy (non-hydrogen) atoms. The van der Waals surface area contributed by atoms with Gasteiger partial charge in [0.25, 0.3) is 13.4 Å². The number of para-hydroxylation sites is 2. The minimum atomic E-state index is -0.166. The Morgan fingerprint density at radius 2 is 0.693 bits per heavy atom. The fourth-order valence-corrected chi connectivity index (χ4v) is 12.4. The van der Waals surface area contributed by atoms with Gasteiger partial charge >= 0.3 is 0 Å². The van der Waals surface area contributed by atoms with Crippen molar-refractivity contribution in [3.8, 4) is 12.1 Å². The van der Waals surface area contributed by atoms with Gasteiger partial charge in [-0.05, 0) is 166 Å². The molecule has 4 aliphatic heterocycles. The van der Waals surface area contributed by atoms with Crippen LogP contribution in [-0.2, 0) is 0 Å². The van der Waals surface area contributed by atoms with Gasteiger partial charge in [0.15, 0.2) is 11.4 Å². The lowest BCUT2D eigenvalue weighted by Crippen LogP contribution is -2.61. The Kier molecular flexibility index (Phi) is 8.91. The topological polar surface area (TPSA) is 82.4 Å². The second-order valence-electron chi connectivity index (χ2n) is 19.2. The summed E-state index contributed by atoms with van der Waals surface area (Å²) in [6.07, 6.45) is 0. The second kappa shape index (κ2) is 15.9. The van der Waals surface area contributed by atoms with Gasteiger partial charge in [0.05, 0.1) is 36.4 Å². The molecule has 342 valence electrons. The van der Waals surface area contributed by atoms with Gasteiger partial charge < -0.3 is 24.0 Å². The van der Waals surface area contributed by atoms with Crippen molar-refractivity contribution in [3.63, 3.8) is 0 Å². The second-order valence-corrected chi connectivity index (χ2v) is 19.2. The van der Waals surface area contributed by atoms with E-state index in [4.69, 9.17) is 17.6 Å². The zero-order valence-electron chi connectivity index (χ0n) is 39.8. The van der Waals surface area contributed by atoms with Crippen molar-refractivity contribution >= 4 is 148 Å². The average Bonchev–Trinajstić information content (AvgIpc) is 3.83. The van der Waals surface area contributed by atoms with Crippen LogP contribution in [0.15, 0.2) is 211 Å². The number of fused-ring (bicyclic) bond motifs is 11. The number of anilines is 12. The van der Waals surface area contributed by atoms with Crippen molar-refractivity contribution in [2.75, 3.05) is 19.6 Å². The Morgan fingerprint density at radius 3 is 1.05 bits per heavy atom. The highest BCUT2D eigenvalue weighted by Gasteiger charge is 2.46. The largest absolute Gasteiger partial charge is 0.456 e. The smallest absolute Gasteiger partial charge is 0.252 e. The average molecular weight is 953 g/mol. The summed E-state index contributed by atoms with van der Waals surface area (Å²) in [6, 6.07) is 75.2. The Morgan fingerprint density at radius 1 is 0.360 bits per heavy atom. The van der Waals surface area contributed by atoms with Crippen LogP contribution in [0.5, 0.6) is 0 Å². The lowest BCUT2D eigenvalue weighted by Gasteiger charge is -2.44. The van der Waals surface area contributed by atoms with Gasteiger partial charge in [-0.15, -0.1) is 0 Å². The third kappa shape index (κ3) is 5.99. The molecule has 0 unspecified atom stereocenters. The maximum atomic E-state index is 9.93. The van der Waals surface area contributed by atoms with E-state index in [0.717, 1.165) is 123 Å². The maximum absolute atomic E-state index is 9.93. The molecule has 0 bridgehead atoms. The number of nitriles is 2. The molecule has 15 rings (SSSR count). The Bertz CT molecular complexity index is 4160. The van der Waals surface area contributed by atoms with E-state index in [-0.39, 0.29) is 13.4 Å². The predicted molar refractivity (Wildman–Crippen MR) is 304 cm³/mol. The van der Waals surface area contributed by atoms with Gasteiger partial charge in [0, 0.05) is 79.0 Å². The molecule has 0 spiro atoms. The van der Waals surface area contributed by atoms with E-state index in [2.05, 4.69) is 151 Å². The van der Waals surface area contributed by atoms with Crippen molar-refractivity contribution in [1.82, 2.24) is 0 Å². The fourth-order valence-electron chi connectivity index (χ4n) is 12.4. The van der Waals surface area contributed by atoms with Gasteiger partial charge in [-0.3, -0.25) is 0 Å². The minimum absolute atomic E-state index is 0.166. The van der Waals surface area contributed by atoms with Gasteiger partial charge in [-0.25, -0.2) is 9.69 Å². The molecule has 0 fully saturated rings. The van der Waals surface area contributed by atoms with Gasteiger partial charge in [0.1, 0.15) is 11.2 Å². The minimum Gasteiger partial charge on any atom is -0.456 e. The van der Waals surface area contributed by atoms with Crippen LogP contribution in [0.25, 0.3) is 31.6 Å². The van der Waals surface area contributed by atoms with E-state index in [9.17, 15) is 10.5 Å². The summed E-state index contributed by atoms with van der Waals surface area (Å²) < 4.78 is 7.21. The highest BCUT2D eigenvalue weighted by Crippen LogP contribution is 2.48. The van der Waals surface area contributed by atoms with E-state index in [1.54, 1.807) is 0 Å². The zero-order chi connectivity index (χ0) is 50.1. The highest BCUT2D eigenvalue weighted by molar-refractivity contribution is 7.01. The van der Waals surface area contributed by atoms with Crippen molar-refractivity contribution in [2.24, 2.45) is 0 Å². The molecule has 0 amide bonds. The SMILES string of the molecule is [C-]#[N+]c1ccc(N2c3ccccc3B3c4cc5oc6cc7c(cc6c5cc4N(c4ccc(C#N)cc4)c4cccc2c43)N(c2ccc([N+]#[C-])cc2)c2cccc3c2B7c2ccccc2N3c2ccc(C#N)cc2)cc1. The first kappa shape index (κ1) is 42.0. The molecule has 0 atom stereocenters. The van der Waals surface area contributed by atoms with Crippen LogP contribution in [0.1, 0.15) is 11.1 Å². The molecule has 1 aromatic heterocycles. The predicted octanol–water partition coefficient (Wildman–Crippen LogP) is 12.6. The summed E-state index contributed by atoms with van der Waals surface area (Å²) in [4.78, 5) is 16.7. The van der Waals surface area contributed by atoms with Crippen LogP contribution >= 0.6 is 0 Å². The quantitative estimate of drug-likeness (QED) is 0.128. The first-order chi connectivity index (χ1) is 37.0. The first-order valence-electron chi connectivity index (χ1n) is 24.7. The number of furan rings is 1. The van der Waals surface area contributed by atoms with Gasteiger partial charge in [0.2, 0.25) is 0 Å². The lowest BCUT2D eigenvalue weighted by atomic mass is 9.33. The number of rotatable bonds is 4. The van der Waals surface area contributed by atoms with E-state index in [1.807, 2.05) is 97.1 Å². The van der Waals surface area contributed by atoms with Crippen LogP contribution in [0, 0.1) is 35.8 Å². The number of benzene rings is 10. The molecule has 0 N–H and O–H groups in total. The molecule has 4 aliphatic rings. The van der Waals surface area contributed by atoms with Crippen LogP contribution in [-0.4, -0.2) is 13.4 Å². The standard InChI is InChI=1S/C64H34B2N8O/c1-69-41-21-29-45(30-22-41)72-54-12-6-4-10-50(54)66-51-35-61-47(33-59(51)73(44-27-19-40(38-68)20-28-44)57-15-8-14-56(72)64(57)66)48-34-60-52(36-62(48)75-61)65-49-9-3-5-11-53(49)71(43-25-17-39(37-67)18-26-43)55-13-7-16-58(63(55)65)74(60)46-31-23-42(70-2)24-32-46/h3-36H. The molecule has 0 radical (unpaired) electrons. The molecule has 0 saturated carbocycles. The summed E-state index contributed by atoms with van der Waals surface area (Å²) in [5.74, 6) is 0. The summed E-state index contributed by atoms with van der Waals surface area (Å²) in [5.41, 5.74) is 22.7. The fraction of sp³-hybridized carbons (Fsp3) is 0. The molecule has 9 nitrogen and oxygen atoms in total. The highest BCUT2D eigenvalue weighted by atomic mass is 16.3. The summed E-state index contributed by atoms with van der Waals surface area (Å²) >= 11 is 0. The molecule has 0 aliphatic carbocycles.